The molecule has 0 radical (unpaired) electrons. The minimum absolute atomic E-state index is 0.0911. The van der Waals surface area contributed by atoms with E-state index in [0.717, 1.165) is 41.6 Å². The zero-order chi connectivity index (χ0) is 21.7. The van der Waals surface area contributed by atoms with Crippen molar-refractivity contribution in [2.45, 2.75) is 121 Å². The summed E-state index contributed by atoms with van der Waals surface area (Å²) in [4.78, 5) is 11.2. The molecule has 5 unspecified atom stereocenters. The van der Waals surface area contributed by atoms with Gasteiger partial charge in [-0.05, 0) is 115 Å². The fraction of sp³-hybridized carbons (Fsp3) is 1.00. The molecular weight excluding hydrogens is 390 g/mol. The van der Waals surface area contributed by atoms with Crippen LogP contribution < -0.4 is 0 Å². The lowest BCUT2D eigenvalue weighted by molar-refractivity contribution is 0.0668. The molecule has 2 heterocycles. The molecule has 30 heavy (non-hydrogen) atoms. The first-order valence-electron chi connectivity index (χ1n) is 12.9. The van der Waals surface area contributed by atoms with Crippen LogP contribution >= 0.6 is 10.0 Å². The minimum Gasteiger partial charge on any atom is -0.393 e. The van der Waals surface area contributed by atoms with Crippen LogP contribution in [0.2, 0.25) is 0 Å². The van der Waals surface area contributed by atoms with Crippen LogP contribution in [0.15, 0.2) is 5.18 Å². The Kier molecular flexibility index (Phi) is 6.43. The van der Waals surface area contributed by atoms with Gasteiger partial charge in [0.05, 0.1) is 12.1 Å². The molecule has 1 N–H and O–H groups in total. The highest BCUT2D eigenvalue weighted by Crippen LogP contribution is 2.77. The van der Waals surface area contributed by atoms with Crippen LogP contribution in [0.1, 0.15) is 98.3 Å². The average molecular weight is 438 g/mol. The van der Waals surface area contributed by atoms with Crippen molar-refractivity contribution in [1.29, 1.82) is 0 Å². The van der Waals surface area contributed by atoms with E-state index in [1.54, 1.807) is 0 Å². The van der Waals surface area contributed by atoms with E-state index >= 15 is 0 Å². The fourth-order valence-electron chi connectivity index (χ4n) is 8.80. The summed E-state index contributed by atoms with van der Waals surface area (Å²) in [5.41, 5.74) is 0.998. The van der Waals surface area contributed by atoms with Crippen LogP contribution in [0.25, 0.3) is 0 Å². The molecule has 0 spiro atoms. The molecule has 2 saturated carbocycles. The lowest BCUT2D eigenvalue weighted by atomic mass is 9.61. The van der Waals surface area contributed by atoms with Gasteiger partial charge in [0.2, 0.25) is 0 Å². The van der Waals surface area contributed by atoms with Crippen molar-refractivity contribution < 1.29 is 5.11 Å². The van der Waals surface area contributed by atoms with Crippen LogP contribution in [0.3, 0.4) is 0 Å². The molecule has 4 heteroatoms. The maximum absolute atomic E-state index is 11.2. The molecule has 0 aromatic carbocycles. The van der Waals surface area contributed by atoms with Crippen LogP contribution in [0.5, 0.6) is 0 Å². The first-order valence-corrected chi connectivity index (χ1v) is 15.2. The third-order valence-corrected chi connectivity index (χ3v) is 16.1. The first-order chi connectivity index (χ1) is 14.1. The van der Waals surface area contributed by atoms with Crippen LogP contribution in [0.4, 0.5) is 0 Å². The van der Waals surface area contributed by atoms with Crippen LogP contribution in [-0.4, -0.2) is 39.8 Å². The van der Waals surface area contributed by atoms with Gasteiger partial charge in [-0.3, -0.25) is 0 Å². The van der Waals surface area contributed by atoms with E-state index in [0.29, 0.717) is 16.7 Å². The van der Waals surface area contributed by atoms with Crippen molar-refractivity contribution in [2.75, 3.05) is 12.0 Å². The topological polar surface area (TPSA) is 49.7 Å². The van der Waals surface area contributed by atoms with E-state index < -0.39 is 10.0 Å². The lowest BCUT2D eigenvalue weighted by Crippen LogP contribution is -2.57. The number of aliphatic hydroxyl groups is 1. The van der Waals surface area contributed by atoms with Crippen LogP contribution in [-0.2, 0) is 0 Å². The molecule has 9 atom stereocenters. The summed E-state index contributed by atoms with van der Waals surface area (Å²) >= 11 is 0. The second kappa shape index (κ2) is 8.36. The Morgan fingerprint density at radius 1 is 1.03 bits per heavy atom. The third kappa shape index (κ3) is 3.60. The van der Waals surface area contributed by atoms with Crippen molar-refractivity contribution in [2.24, 2.45) is 33.8 Å². The number of fused-ring (bicyclic) bond motifs is 5. The average Bonchev–Trinajstić information content (AvgIpc) is 3.04. The smallest absolute Gasteiger partial charge is 0.0922 e. The van der Waals surface area contributed by atoms with Crippen molar-refractivity contribution in [3.05, 3.63) is 4.91 Å². The van der Waals surface area contributed by atoms with E-state index in [2.05, 4.69) is 39.1 Å². The number of nitrogens with zero attached hydrogens (tertiary/aromatic N) is 1. The van der Waals surface area contributed by atoms with Gasteiger partial charge in [-0.2, -0.15) is 4.91 Å². The molecule has 0 amide bonds. The predicted octanol–water partition coefficient (Wildman–Crippen LogP) is 6.90. The number of nitroso groups, excluding NO2 is 1. The maximum atomic E-state index is 11.2. The van der Waals surface area contributed by atoms with Gasteiger partial charge >= 0.3 is 0 Å². The highest BCUT2D eigenvalue weighted by molar-refractivity contribution is 8.34. The number of hydrogen-bond donors (Lipinski definition) is 1. The molecule has 2 aliphatic carbocycles. The van der Waals surface area contributed by atoms with Crippen molar-refractivity contribution in [3.8, 4) is 0 Å². The summed E-state index contributed by atoms with van der Waals surface area (Å²) in [6.45, 7) is 9.54. The van der Waals surface area contributed by atoms with Gasteiger partial charge in [-0.15, -0.1) is 0 Å². The van der Waals surface area contributed by atoms with Gasteiger partial charge in [0, 0.05) is 0 Å². The molecule has 0 aromatic rings. The highest BCUT2D eigenvalue weighted by Gasteiger charge is 2.62. The quantitative estimate of drug-likeness (QED) is 0.459. The standard InChI is InChI=1S/C26H47NO2S/c1-18(2)22(28)8-6-7-19-9-10-23-25(19,3)15-12-24-26(4)14-11-21(27-29)17-20(26)13-16-30(23,24)5/h18-24,28H,6-17H2,1-5H3/t19-,20?,21-,22?,23?,24?,25+,26-/m0/s1. The minimum atomic E-state index is -0.617. The molecule has 2 saturated heterocycles. The summed E-state index contributed by atoms with van der Waals surface area (Å²) in [7, 11) is -0.617. The molecule has 4 fully saturated rings. The third-order valence-electron chi connectivity index (χ3n) is 10.8. The molecule has 0 bridgehead atoms. The number of rotatable bonds is 6. The highest BCUT2D eigenvalue weighted by atomic mass is 32.3. The van der Waals surface area contributed by atoms with Gasteiger partial charge < -0.3 is 5.11 Å². The largest absolute Gasteiger partial charge is 0.393 e. The monoisotopic (exact) mass is 437 g/mol. The van der Waals surface area contributed by atoms with E-state index in [-0.39, 0.29) is 12.1 Å². The van der Waals surface area contributed by atoms with Crippen LogP contribution in [0, 0.1) is 33.5 Å². The Bertz CT molecular complexity index is 641. The summed E-state index contributed by atoms with van der Waals surface area (Å²) in [5, 5.41) is 15.6. The van der Waals surface area contributed by atoms with Gasteiger partial charge in [0.15, 0.2) is 0 Å². The van der Waals surface area contributed by atoms with Crippen molar-refractivity contribution >= 4 is 10.0 Å². The predicted molar refractivity (Wildman–Crippen MR) is 130 cm³/mol. The van der Waals surface area contributed by atoms with E-state index in [1.807, 2.05) is 0 Å². The zero-order valence-electron chi connectivity index (χ0n) is 20.2. The Morgan fingerprint density at radius 2 is 1.73 bits per heavy atom. The van der Waals surface area contributed by atoms with Crippen molar-refractivity contribution in [3.63, 3.8) is 0 Å². The molecule has 0 aromatic heterocycles. The fourth-order valence-corrected chi connectivity index (χ4v) is 15.0. The second-order valence-corrected chi connectivity index (χ2v) is 16.5. The molecule has 3 nitrogen and oxygen atoms in total. The maximum Gasteiger partial charge on any atom is 0.0922 e. The molecule has 174 valence electrons. The summed E-state index contributed by atoms with van der Waals surface area (Å²) in [6, 6.07) is 0.0911. The summed E-state index contributed by atoms with van der Waals surface area (Å²) < 4.78 is 0. The van der Waals surface area contributed by atoms with Crippen molar-refractivity contribution in [1.82, 2.24) is 0 Å². The van der Waals surface area contributed by atoms with E-state index in [9.17, 15) is 10.0 Å². The SMILES string of the molecule is CC(C)C(O)CCC[C@H]1CCC2[C@]1(C)CCC1[C@@]3(C)CC[C@H](N=O)CC3CCS12C. The Hall–Kier alpha value is -0.0900. The summed E-state index contributed by atoms with van der Waals surface area (Å²) in [6.07, 6.45) is 16.5. The Balaban J connectivity index is 1.47. The Labute approximate surface area is 186 Å². The molecular formula is C26H47NO2S. The van der Waals surface area contributed by atoms with Gasteiger partial charge in [0.25, 0.3) is 0 Å². The molecule has 4 rings (SSSR count). The normalized spacial score (nSPS) is 51.4. The van der Waals surface area contributed by atoms with E-state index in [1.165, 1.54) is 57.1 Å². The van der Waals surface area contributed by atoms with Gasteiger partial charge in [0.1, 0.15) is 0 Å². The Morgan fingerprint density at radius 3 is 2.43 bits per heavy atom. The second-order valence-electron chi connectivity index (χ2n) is 12.5. The van der Waals surface area contributed by atoms with Gasteiger partial charge in [-0.25, -0.2) is 10.0 Å². The number of hydrogen-bond acceptors (Lipinski definition) is 3. The lowest BCUT2D eigenvalue weighted by Gasteiger charge is -2.68. The zero-order valence-corrected chi connectivity index (χ0v) is 21.1. The summed E-state index contributed by atoms with van der Waals surface area (Å²) in [5.74, 6) is 3.44. The molecule has 2 aliphatic heterocycles. The number of aliphatic hydroxyl groups excluding tert-OH is 1. The first kappa shape index (κ1) is 23.1. The molecule has 4 aliphatic rings. The van der Waals surface area contributed by atoms with E-state index in [4.69, 9.17) is 0 Å². The van der Waals surface area contributed by atoms with Gasteiger partial charge in [-0.1, -0.05) is 39.3 Å².